The summed E-state index contributed by atoms with van der Waals surface area (Å²) in [6.07, 6.45) is 0.963. The summed E-state index contributed by atoms with van der Waals surface area (Å²) in [5.41, 5.74) is 7.10. The molecule has 6 heterocycles. The highest BCUT2D eigenvalue weighted by molar-refractivity contribution is 5.89. The fourth-order valence-corrected chi connectivity index (χ4v) is 9.63. The van der Waals surface area contributed by atoms with Crippen molar-refractivity contribution in [1.29, 1.82) is 0 Å². The molecule has 0 radical (unpaired) electrons. The van der Waals surface area contributed by atoms with E-state index in [9.17, 15) is 19.2 Å². The Balaban J connectivity index is 0.949. The standard InChI is InChI=1S/C48H58N8O10/c1-27(2)39(53-45(59)61-5)43(57)55-25-47(63-17-7-18-64-47)23-37(55)41-49-33-15-13-31(21-35(33)51-41)29-9-11-30(12-10-29)32-14-16-34-36(22-32)52-42(50-34)38-24-48(65-19-8-20-66-48)26-56(38)44(58)40(28(3)4)54-46(60)62-6/h9-16,21-22,27-28,37-40H,7-8,17-20,23-26H2,1-6H3,(H,49,51)(H,50,52)(H,53,59)(H,54,60)/t37-,38-,39-,40-/m0/s1. The van der Waals surface area contributed by atoms with Crippen LogP contribution >= 0.6 is 0 Å². The van der Waals surface area contributed by atoms with Gasteiger partial charge in [-0.2, -0.15) is 0 Å². The zero-order valence-corrected chi connectivity index (χ0v) is 38.2. The zero-order chi connectivity index (χ0) is 46.3. The van der Waals surface area contributed by atoms with Gasteiger partial charge in [0.25, 0.3) is 0 Å². The van der Waals surface area contributed by atoms with Gasteiger partial charge in [0.2, 0.25) is 11.8 Å². The van der Waals surface area contributed by atoms with Gasteiger partial charge in [0.1, 0.15) is 23.7 Å². The van der Waals surface area contributed by atoms with E-state index in [2.05, 4.69) is 57.0 Å². The van der Waals surface area contributed by atoms with Crippen molar-refractivity contribution in [2.75, 3.05) is 53.7 Å². The summed E-state index contributed by atoms with van der Waals surface area (Å²) in [6.45, 7) is 10.0. The summed E-state index contributed by atoms with van der Waals surface area (Å²) in [5, 5.41) is 5.43. The molecule has 4 saturated heterocycles. The van der Waals surface area contributed by atoms with E-state index in [1.807, 2.05) is 52.0 Å². The fourth-order valence-electron chi connectivity index (χ4n) is 9.63. The molecule has 5 aromatic rings. The Hall–Kier alpha value is -6.08. The molecule has 4 aliphatic heterocycles. The minimum atomic E-state index is -0.967. The average Bonchev–Trinajstić information content (AvgIpc) is 4.12. The molecule has 9 rings (SSSR count). The SMILES string of the molecule is COC(=O)N[C@H](C(=O)N1CC2(C[C@H]1c1nc3ccc(-c4ccc(-c5ccc6nc([C@@H]7CC8(CN7C(=O)[C@@H](NC(=O)OC)C(C)C)OCCCO8)[nH]c6c5)cc4)cc3[nH]1)OCCCO2)C(C)C. The Morgan fingerprint density at radius 2 is 0.970 bits per heavy atom. The summed E-state index contributed by atoms with van der Waals surface area (Å²) >= 11 is 0. The van der Waals surface area contributed by atoms with E-state index >= 15 is 0 Å². The van der Waals surface area contributed by atoms with Crippen molar-refractivity contribution in [3.8, 4) is 22.3 Å². The minimum Gasteiger partial charge on any atom is -0.453 e. The van der Waals surface area contributed by atoms with Gasteiger partial charge in [0.05, 0.1) is 87.9 Å². The molecule has 4 amide bonds. The van der Waals surface area contributed by atoms with Crippen molar-refractivity contribution >= 4 is 46.1 Å². The summed E-state index contributed by atoms with van der Waals surface area (Å²) in [4.78, 5) is 73.2. The van der Waals surface area contributed by atoms with Crippen molar-refractivity contribution in [2.24, 2.45) is 11.8 Å². The molecule has 18 heteroatoms. The third-order valence-corrected chi connectivity index (χ3v) is 13.2. The summed E-state index contributed by atoms with van der Waals surface area (Å²) in [7, 11) is 2.55. The first-order chi connectivity index (χ1) is 31.8. The van der Waals surface area contributed by atoms with Gasteiger partial charge in [-0.15, -0.1) is 0 Å². The molecule has 0 saturated carbocycles. The molecule has 4 N–H and O–H groups in total. The smallest absolute Gasteiger partial charge is 0.407 e. The third-order valence-electron chi connectivity index (χ3n) is 13.2. The van der Waals surface area contributed by atoms with Crippen LogP contribution in [0.1, 0.15) is 77.1 Å². The maximum absolute atomic E-state index is 14.2. The number of hydrogen-bond donors (Lipinski definition) is 4. The number of aromatic amines is 2. The van der Waals surface area contributed by atoms with Crippen molar-refractivity contribution < 1.29 is 47.6 Å². The summed E-state index contributed by atoms with van der Waals surface area (Å²) < 4.78 is 34.4. The van der Waals surface area contributed by atoms with E-state index in [0.29, 0.717) is 50.9 Å². The number of aromatic nitrogens is 4. The van der Waals surface area contributed by atoms with Gasteiger partial charge in [-0.1, -0.05) is 64.1 Å². The topological polar surface area (TPSA) is 212 Å². The third kappa shape index (κ3) is 8.81. The van der Waals surface area contributed by atoms with Gasteiger partial charge in [-0.3, -0.25) is 9.59 Å². The molecular weight excluding hydrogens is 849 g/mol. The van der Waals surface area contributed by atoms with E-state index in [4.69, 9.17) is 38.4 Å². The Morgan fingerprint density at radius 3 is 1.32 bits per heavy atom. The van der Waals surface area contributed by atoms with Gasteiger partial charge >= 0.3 is 12.2 Å². The van der Waals surface area contributed by atoms with Gasteiger partial charge in [0, 0.05) is 12.8 Å². The largest absolute Gasteiger partial charge is 0.453 e. The maximum atomic E-state index is 14.2. The molecule has 0 aliphatic carbocycles. The number of rotatable bonds is 10. The number of methoxy groups -OCH3 is 2. The first-order valence-electron chi connectivity index (χ1n) is 22.7. The number of alkyl carbamates (subject to hydrolysis) is 2. The molecule has 4 atom stereocenters. The lowest BCUT2D eigenvalue weighted by atomic mass is 10.00. The Labute approximate surface area is 382 Å². The minimum absolute atomic E-state index is 0.202. The number of likely N-dealkylation sites (tertiary alicyclic amines) is 2. The van der Waals surface area contributed by atoms with Crippen LogP contribution in [0, 0.1) is 11.8 Å². The first-order valence-corrected chi connectivity index (χ1v) is 22.7. The second-order valence-electron chi connectivity index (χ2n) is 18.3. The Kier molecular flexibility index (Phi) is 12.5. The van der Waals surface area contributed by atoms with E-state index in [1.165, 1.54) is 14.2 Å². The molecular formula is C48H58N8O10. The molecule has 18 nitrogen and oxygen atoms in total. The molecule has 2 spiro atoms. The lowest BCUT2D eigenvalue weighted by molar-refractivity contribution is -0.258. The number of nitrogens with one attached hydrogen (secondary N) is 4. The van der Waals surface area contributed by atoms with Crippen LogP contribution in [0.2, 0.25) is 0 Å². The first kappa shape index (κ1) is 45.1. The van der Waals surface area contributed by atoms with Crippen LogP contribution in [0.25, 0.3) is 44.3 Å². The van der Waals surface area contributed by atoms with Gasteiger partial charge in [-0.05, 0) is 71.2 Å². The zero-order valence-electron chi connectivity index (χ0n) is 38.2. The maximum Gasteiger partial charge on any atom is 0.407 e. The van der Waals surface area contributed by atoms with Crippen LogP contribution in [0.15, 0.2) is 60.7 Å². The molecule has 66 heavy (non-hydrogen) atoms. The van der Waals surface area contributed by atoms with Crippen molar-refractivity contribution in [3.05, 3.63) is 72.3 Å². The number of amides is 4. The van der Waals surface area contributed by atoms with E-state index < -0.39 is 47.9 Å². The number of imidazole rings is 2. The Morgan fingerprint density at radius 1 is 0.606 bits per heavy atom. The molecule has 0 bridgehead atoms. The van der Waals surface area contributed by atoms with Crippen LogP contribution in [-0.2, 0) is 38.0 Å². The molecule has 3 aromatic carbocycles. The van der Waals surface area contributed by atoms with E-state index in [-0.39, 0.29) is 36.7 Å². The second-order valence-corrected chi connectivity index (χ2v) is 18.3. The number of carbonyl (C=O) groups is 4. The van der Waals surface area contributed by atoms with Crippen LogP contribution in [0.3, 0.4) is 0 Å². The number of fused-ring (bicyclic) bond motifs is 2. The highest BCUT2D eigenvalue weighted by atomic mass is 16.7. The van der Waals surface area contributed by atoms with Crippen molar-refractivity contribution in [3.63, 3.8) is 0 Å². The Bertz CT molecular complexity index is 2420. The quantitative estimate of drug-likeness (QED) is 0.121. The second kappa shape index (κ2) is 18.3. The average molecular weight is 907 g/mol. The van der Waals surface area contributed by atoms with Crippen molar-refractivity contribution in [2.45, 2.75) is 89.1 Å². The summed E-state index contributed by atoms with van der Waals surface area (Å²) in [6, 6.07) is 17.8. The number of H-pyrrole nitrogens is 2. The number of carbonyl (C=O) groups excluding carboxylic acids is 4. The number of hydrogen-bond acceptors (Lipinski definition) is 12. The molecule has 4 fully saturated rings. The monoisotopic (exact) mass is 906 g/mol. The van der Waals surface area contributed by atoms with Crippen LogP contribution in [0.5, 0.6) is 0 Å². The highest BCUT2D eigenvalue weighted by Crippen LogP contribution is 2.44. The molecule has 2 aromatic heterocycles. The number of benzene rings is 3. The normalized spacial score (nSPS) is 21.2. The fraction of sp³-hybridized carbons (Fsp3) is 0.500. The predicted octanol–water partition coefficient (Wildman–Crippen LogP) is 6.35. The van der Waals surface area contributed by atoms with Crippen molar-refractivity contribution in [1.82, 2.24) is 40.4 Å². The number of ether oxygens (including phenoxy) is 6. The molecule has 0 unspecified atom stereocenters. The summed E-state index contributed by atoms with van der Waals surface area (Å²) in [5.74, 6) is -1.66. The van der Waals surface area contributed by atoms with E-state index in [0.717, 1.165) is 57.2 Å². The predicted molar refractivity (Wildman–Crippen MR) is 242 cm³/mol. The van der Waals surface area contributed by atoms with Gasteiger partial charge < -0.3 is 58.8 Å². The van der Waals surface area contributed by atoms with Gasteiger partial charge in [-0.25, -0.2) is 19.6 Å². The number of nitrogens with zero attached hydrogens (tertiary/aromatic N) is 4. The lowest BCUT2D eigenvalue weighted by Crippen LogP contribution is -2.52. The molecule has 4 aliphatic rings. The van der Waals surface area contributed by atoms with Crippen LogP contribution in [0.4, 0.5) is 9.59 Å². The lowest BCUT2D eigenvalue weighted by Gasteiger charge is -2.34. The van der Waals surface area contributed by atoms with Crippen LogP contribution < -0.4 is 10.6 Å². The van der Waals surface area contributed by atoms with E-state index in [1.54, 1.807) is 9.80 Å². The van der Waals surface area contributed by atoms with Gasteiger partial charge in [0.15, 0.2) is 11.6 Å². The van der Waals surface area contributed by atoms with Crippen LogP contribution in [-0.4, -0.2) is 131 Å². The highest BCUT2D eigenvalue weighted by Gasteiger charge is 2.53. The molecule has 350 valence electrons.